The second-order valence-electron chi connectivity index (χ2n) is 5.16. The van der Waals surface area contributed by atoms with Crippen LogP contribution in [0.5, 0.6) is 0 Å². The quantitative estimate of drug-likeness (QED) is 0.877. The molecule has 3 rings (SSSR count). The first-order chi connectivity index (χ1) is 10.2. The van der Waals surface area contributed by atoms with Gasteiger partial charge >= 0.3 is 0 Å². The molecule has 1 aromatic carbocycles. The van der Waals surface area contributed by atoms with Crippen molar-refractivity contribution in [1.29, 1.82) is 0 Å². The number of anilines is 1. The molecule has 1 aliphatic rings. The predicted molar refractivity (Wildman–Crippen MR) is 79.0 cm³/mol. The number of nitrogens with zero attached hydrogens (tertiary/aromatic N) is 4. The maximum absolute atomic E-state index is 12.2. The minimum atomic E-state index is 0.0634. The maximum Gasteiger partial charge on any atom is 0.227 e. The molecule has 0 spiro atoms. The Morgan fingerprint density at radius 3 is 3.00 bits per heavy atom. The van der Waals surface area contributed by atoms with Gasteiger partial charge in [0.15, 0.2) is 5.82 Å². The number of carbonyl (C=O) groups is 1. The van der Waals surface area contributed by atoms with Gasteiger partial charge in [-0.05, 0) is 54.8 Å². The van der Waals surface area contributed by atoms with Crippen molar-refractivity contribution in [1.82, 2.24) is 20.2 Å². The van der Waals surface area contributed by atoms with Crippen LogP contribution in [-0.2, 0) is 4.79 Å². The highest BCUT2D eigenvalue weighted by Crippen LogP contribution is 2.21. The topological polar surface area (TPSA) is 72.7 Å². The van der Waals surface area contributed by atoms with Crippen molar-refractivity contribution in [2.75, 3.05) is 5.32 Å². The van der Waals surface area contributed by atoms with Crippen LogP contribution in [0.2, 0.25) is 0 Å². The van der Waals surface area contributed by atoms with E-state index < -0.39 is 0 Å². The van der Waals surface area contributed by atoms with Crippen LogP contribution in [0.4, 0.5) is 5.69 Å². The predicted octanol–water partition coefficient (Wildman–Crippen LogP) is 2.27. The van der Waals surface area contributed by atoms with Gasteiger partial charge in [0.1, 0.15) is 0 Å². The zero-order valence-corrected chi connectivity index (χ0v) is 11.9. The van der Waals surface area contributed by atoms with Crippen LogP contribution < -0.4 is 5.32 Å². The molecule has 0 saturated carbocycles. The zero-order chi connectivity index (χ0) is 14.7. The van der Waals surface area contributed by atoms with Crippen molar-refractivity contribution in [3.63, 3.8) is 0 Å². The number of aromatic nitrogens is 4. The normalized spacial score (nSPS) is 17.7. The SMILES string of the molecule is Cc1nnnn1-c1cccc(NC(=O)[C@H]2CC=CCC2)c1. The molecule has 1 N–H and O–H groups in total. The van der Waals surface area contributed by atoms with Crippen LogP contribution >= 0.6 is 0 Å². The van der Waals surface area contributed by atoms with Crippen LogP contribution in [0, 0.1) is 12.8 Å². The van der Waals surface area contributed by atoms with Gasteiger partial charge in [0, 0.05) is 11.6 Å². The van der Waals surface area contributed by atoms with Gasteiger partial charge in [-0.15, -0.1) is 5.10 Å². The van der Waals surface area contributed by atoms with E-state index >= 15 is 0 Å². The summed E-state index contributed by atoms with van der Waals surface area (Å²) in [5.74, 6) is 0.842. The summed E-state index contributed by atoms with van der Waals surface area (Å²) in [5, 5.41) is 14.4. The Balaban J connectivity index is 1.76. The van der Waals surface area contributed by atoms with Crippen molar-refractivity contribution >= 4 is 11.6 Å². The Bertz CT molecular complexity index is 676. The number of tetrazole rings is 1. The van der Waals surface area contributed by atoms with Crippen LogP contribution in [0.25, 0.3) is 5.69 Å². The van der Waals surface area contributed by atoms with E-state index in [1.165, 1.54) is 0 Å². The molecule has 6 nitrogen and oxygen atoms in total. The molecule has 0 fully saturated rings. The Labute approximate surface area is 122 Å². The monoisotopic (exact) mass is 283 g/mol. The summed E-state index contributed by atoms with van der Waals surface area (Å²) < 4.78 is 1.64. The number of carbonyl (C=O) groups excluding carboxylic acids is 1. The smallest absolute Gasteiger partial charge is 0.227 e. The lowest BCUT2D eigenvalue weighted by atomic mass is 9.93. The number of allylic oxidation sites excluding steroid dienone is 2. The number of amides is 1. The van der Waals surface area contributed by atoms with E-state index in [2.05, 4.69) is 33.0 Å². The molecular weight excluding hydrogens is 266 g/mol. The van der Waals surface area contributed by atoms with Crippen LogP contribution in [0.3, 0.4) is 0 Å². The molecule has 1 aromatic heterocycles. The molecule has 6 heteroatoms. The molecule has 0 bridgehead atoms. The van der Waals surface area contributed by atoms with E-state index in [-0.39, 0.29) is 11.8 Å². The van der Waals surface area contributed by atoms with E-state index in [9.17, 15) is 4.79 Å². The fourth-order valence-electron chi connectivity index (χ4n) is 2.46. The zero-order valence-electron chi connectivity index (χ0n) is 11.9. The summed E-state index contributed by atoms with van der Waals surface area (Å²) in [6.45, 7) is 1.83. The van der Waals surface area contributed by atoms with Gasteiger partial charge in [-0.25, -0.2) is 0 Å². The number of benzene rings is 1. The molecule has 0 radical (unpaired) electrons. The second-order valence-corrected chi connectivity index (χ2v) is 5.16. The van der Waals surface area contributed by atoms with Crippen molar-refractivity contribution in [3.8, 4) is 5.69 Å². The van der Waals surface area contributed by atoms with E-state index in [0.29, 0.717) is 5.82 Å². The Morgan fingerprint density at radius 2 is 2.29 bits per heavy atom. The molecule has 0 unspecified atom stereocenters. The van der Waals surface area contributed by atoms with Crippen LogP contribution in [-0.4, -0.2) is 26.1 Å². The standard InChI is InChI=1S/C15H17N5O/c1-11-17-18-19-20(11)14-9-5-8-13(10-14)16-15(21)12-6-3-2-4-7-12/h2-3,5,8-10,12H,4,6-7H2,1H3,(H,16,21)/t12-/m0/s1. The molecule has 1 aliphatic carbocycles. The number of rotatable bonds is 3. The summed E-state index contributed by atoms with van der Waals surface area (Å²) in [6, 6.07) is 7.54. The molecule has 1 amide bonds. The Morgan fingerprint density at radius 1 is 1.38 bits per heavy atom. The Hall–Kier alpha value is -2.50. The number of nitrogens with one attached hydrogen (secondary N) is 1. The van der Waals surface area contributed by atoms with Crippen LogP contribution in [0.1, 0.15) is 25.1 Å². The third kappa shape index (κ3) is 2.99. The second kappa shape index (κ2) is 5.87. The largest absolute Gasteiger partial charge is 0.326 e. The average Bonchev–Trinajstić information content (AvgIpc) is 2.94. The highest BCUT2D eigenvalue weighted by molar-refractivity contribution is 5.93. The minimum Gasteiger partial charge on any atom is -0.326 e. The lowest BCUT2D eigenvalue weighted by Crippen LogP contribution is -2.23. The first-order valence-corrected chi connectivity index (χ1v) is 7.05. The highest BCUT2D eigenvalue weighted by Gasteiger charge is 2.18. The molecule has 1 heterocycles. The van der Waals surface area contributed by atoms with Gasteiger partial charge in [0.2, 0.25) is 5.91 Å². The minimum absolute atomic E-state index is 0.0634. The molecule has 2 aromatic rings. The third-order valence-corrected chi connectivity index (χ3v) is 3.62. The van der Waals surface area contributed by atoms with Crippen molar-refractivity contribution < 1.29 is 4.79 Å². The van der Waals surface area contributed by atoms with Gasteiger partial charge in [-0.2, -0.15) is 4.68 Å². The van der Waals surface area contributed by atoms with Crippen molar-refractivity contribution in [3.05, 3.63) is 42.2 Å². The molecule has 0 aliphatic heterocycles. The average molecular weight is 283 g/mol. The highest BCUT2D eigenvalue weighted by atomic mass is 16.1. The lowest BCUT2D eigenvalue weighted by molar-refractivity contribution is -0.120. The van der Waals surface area contributed by atoms with E-state index in [1.54, 1.807) is 4.68 Å². The Kier molecular flexibility index (Phi) is 3.77. The van der Waals surface area contributed by atoms with Crippen molar-refractivity contribution in [2.24, 2.45) is 5.92 Å². The fraction of sp³-hybridized carbons (Fsp3) is 0.333. The van der Waals surface area contributed by atoms with Gasteiger partial charge in [-0.3, -0.25) is 4.79 Å². The first-order valence-electron chi connectivity index (χ1n) is 7.05. The molecule has 0 saturated heterocycles. The maximum atomic E-state index is 12.2. The summed E-state index contributed by atoms with van der Waals surface area (Å²) in [5.41, 5.74) is 1.60. The summed E-state index contributed by atoms with van der Waals surface area (Å²) in [7, 11) is 0. The fourth-order valence-corrected chi connectivity index (χ4v) is 2.46. The van der Waals surface area contributed by atoms with Gasteiger partial charge in [-0.1, -0.05) is 18.2 Å². The third-order valence-electron chi connectivity index (χ3n) is 3.62. The van der Waals surface area contributed by atoms with Crippen molar-refractivity contribution in [2.45, 2.75) is 26.2 Å². The van der Waals surface area contributed by atoms with E-state index in [1.807, 2.05) is 31.2 Å². The van der Waals surface area contributed by atoms with Crippen LogP contribution in [0.15, 0.2) is 36.4 Å². The molecule has 1 atom stereocenters. The summed E-state index contributed by atoms with van der Waals surface area (Å²) in [4.78, 5) is 12.2. The number of aryl methyl sites for hydroxylation is 1. The summed E-state index contributed by atoms with van der Waals surface area (Å²) >= 11 is 0. The van der Waals surface area contributed by atoms with E-state index in [0.717, 1.165) is 30.6 Å². The number of hydrogen-bond donors (Lipinski definition) is 1. The van der Waals surface area contributed by atoms with Gasteiger partial charge in [0.25, 0.3) is 0 Å². The van der Waals surface area contributed by atoms with Gasteiger partial charge < -0.3 is 5.32 Å². The summed E-state index contributed by atoms with van der Waals surface area (Å²) in [6.07, 6.45) is 6.91. The first kappa shape index (κ1) is 13.5. The lowest BCUT2D eigenvalue weighted by Gasteiger charge is -2.17. The number of hydrogen-bond acceptors (Lipinski definition) is 4. The van der Waals surface area contributed by atoms with Gasteiger partial charge in [0.05, 0.1) is 5.69 Å². The van der Waals surface area contributed by atoms with E-state index in [4.69, 9.17) is 0 Å². The molecule has 108 valence electrons. The molecular formula is C15H17N5O. The molecule has 21 heavy (non-hydrogen) atoms.